The van der Waals surface area contributed by atoms with Crippen LogP contribution in [0.3, 0.4) is 0 Å². The Morgan fingerprint density at radius 2 is 2.06 bits per heavy atom. The Balaban J connectivity index is 1.34. The van der Waals surface area contributed by atoms with Gasteiger partial charge in [-0.25, -0.2) is 4.98 Å². The molecule has 2 aromatic heterocycles. The number of hydrogen-bond acceptors (Lipinski definition) is 8. The Kier molecular flexibility index (Phi) is 7.87. The number of fused-ring (bicyclic) bond motifs is 1. The number of nitrogens with two attached hydrogens (primary N) is 2. The van der Waals surface area contributed by atoms with Gasteiger partial charge in [-0.2, -0.15) is 0 Å². The Hall–Kier alpha value is -2.88. The SMILES string of the molecule is CCCc1cc(N2CCC(NC[C@H](O)COc3ccccc3)CC2)nc2sc(C(N)=O)c(N)c12. The third-order valence-corrected chi connectivity index (χ3v) is 7.27. The number of carbonyl (C=O) groups excluding carboxylic acids is 1. The lowest BCUT2D eigenvalue weighted by atomic mass is 10.0. The van der Waals surface area contributed by atoms with Gasteiger partial charge in [0, 0.05) is 31.1 Å². The predicted octanol–water partition coefficient (Wildman–Crippen LogP) is 2.93. The van der Waals surface area contributed by atoms with E-state index in [1.54, 1.807) is 0 Å². The van der Waals surface area contributed by atoms with E-state index in [0.29, 0.717) is 23.2 Å². The second-order valence-electron chi connectivity index (χ2n) is 8.73. The Morgan fingerprint density at radius 3 is 2.74 bits per heavy atom. The summed E-state index contributed by atoms with van der Waals surface area (Å²) in [5, 5.41) is 14.6. The summed E-state index contributed by atoms with van der Waals surface area (Å²) in [4.78, 5) is 20.1. The van der Waals surface area contributed by atoms with Gasteiger partial charge in [0.2, 0.25) is 0 Å². The maximum atomic E-state index is 11.8. The van der Waals surface area contributed by atoms with Gasteiger partial charge in [-0.15, -0.1) is 11.3 Å². The molecule has 6 N–H and O–H groups in total. The van der Waals surface area contributed by atoms with Gasteiger partial charge < -0.3 is 31.5 Å². The monoisotopic (exact) mass is 483 g/mol. The maximum Gasteiger partial charge on any atom is 0.260 e. The van der Waals surface area contributed by atoms with Gasteiger partial charge in [-0.1, -0.05) is 31.5 Å². The molecule has 1 aliphatic rings. The molecule has 3 heterocycles. The van der Waals surface area contributed by atoms with Crippen molar-refractivity contribution in [2.75, 3.05) is 36.9 Å². The summed E-state index contributed by atoms with van der Waals surface area (Å²) >= 11 is 1.28. The smallest absolute Gasteiger partial charge is 0.260 e. The number of ether oxygens (including phenoxy) is 1. The highest BCUT2D eigenvalue weighted by atomic mass is 32.1. The molecule has 0 aliphatic carbocycles. The lowest BCUT2D eigenvalue weighted by molar-refractivity contribution is 0.100. The first-order valence-corrected chi connectivity index (χ1v) is 12.6. The lowest BCUT2D eigenvalue weighted by Crippen LogP contribution is -2.45. The van der Waals surface area contributed by atoms with Crippen LogP contribution in [0.5, 0.6) is 5.75 Å². The summed E-state index contributed by atoms with van der Waals surface area (Å²) in [5.74, 6) is 1.17. The molecule has 0 spiro atoms. The minimum absolute atomic E-state index is 0.261. The summed E-state index contributed by atoms with van der Waals surface area (Å²) in [6.07, 6.45) is 3.18. The van der Waals surface area contributed by atoms with Crippen molar-refractivity contribution < 1.29 is 14.6 Å². The summed E-state index contributed by atoms with van der Waals surface area (Å²) in [7, 11) is 0. The molecule has 0 saturated carbocycles. The van der Waals surface area contributed by atoms with Crippen LogP contribution in [0.2, 0.25) is 0 Å². The number of piperidine rings is 1. The standard InChI is InChI=1S/C25H33N5O3S/c1-2-6-16-13-20(29-25-21(16)22(26)23(34-25)24(27)32)30-11-9-17(10-12-30)28-14-18(31)15-33-19-7-4-3-5-8-19/h3-5,7-8,13,17-18,28,31H,2,6,9-12,14-15,26H2,1H3,(H2,27,32)/t18-/m0/s1. The Labute approximate surface area is 203 Å². The number of amides is 1. The predicted molar refractivity (Wildman–Crippen MR) is 138 cm³/mol. The fourth-order valence-electron chi connectivity index (χ4n) is 4.38. The number of anilines is 2. The average molecular weight is 484 g/mol. The third-order valence-electron chi connectivity index (χ3n) is 6.16. The molecule has 0 unspecified atom stereocenters. The first kappa shape index (κ1) is 24.3. The number of thiophene rings is 1. The number of para-hydroxylation sites is 1. The van der Waals surface area contributed by atoms with Crippen LogP contribution in [0.1, 0.15) is 41.4 Å². The van der Waals surface area contributed by atoms with Gasteiger partial charge >= 0.3 is 0 Å². The molecular formula is C25H33N5O3S. The van der Waals surface area contributed by atoms with Crippen molar-refractivity contribution in [2.45, 2.75) is 44.8 Å². The molecule has 1 aliphatic heterocycles. The zero-order valence-corrected chi connectivity index (χ0v) is 20.3. The molecule has 1 atom stereocenters. The minimum Gasteiger partial charge on any atom is -0.491 e. The number of aryl methyl sites for hydroxylation is 1. The molecule has 0 radical (unpaired) electrons. The number of hydrogen-bond donors (Lipinski definition) is 4. The number of rotatable bonds is 10. The van der Waals surface area contributed by atoms with E-state index in [4.69, 9.17) is 21.2 Å². The maximum absolute atomic E-state index is 11.8. The number of nitrogens with zero attached hydrogens (tertiary/aromatic N) is 2. The van der Waals surface area contributed by atoms with Crippen LogP contribution in [-0.4, -0.2) is 54.4 Å². The van der Waals surface area contributed by atoms with E-state index in [9.17, 15) is 9.90 Å². The molecule has 9 heteroatoms. The molecule has 8 nitrogen and oxygen atoms in total. The number of nitrogens with one attached hydrogen (secondary N) is 1. The van der Waals surface area contributed by atoms with E-state index in [2.05, 4.69) is 23.2 Å². The normalized spacial score (nSPS) is 15.5. The van der Waals surface area contributed by atoms with Crippen molar-refractivity contribution >= 4 is 39.0 Å². The van der Waals surface area contributed by atoms with Crippen LogP contribution in [-0.2, 0) is 6.42 Å². The van der Waals surface area contributed by atoms with Gasteiger partial charge in [0.15, 0.2) is 0 Å². The molecule has 1 saturated heterocycles. The van der Waals surface area contributed by atoms with Crippen molar-refractivity contribution in [1.29, 1.82) is 0 Å². The second kappa shape index (κ2) is 11.0. The largest absolute Gasteiger partial charge is 0.491 e. The fraction of sp³-hybridized carbons (Fsp3) is 0.440. The van der Waals surface area contributed by atoms with Crippen molar-refractivity contribution in [2.24, 2.45) is 5.73 Å². The van der Waals surface area contributed by atoms with Gasteiger partial charge in [0.1, 0.15) is 34.0 Å². The average Bonchev–Trinajstić information content (AvgIpc) is 3.19. The van der Waals surface area contributed by atoms with Crippen LogP contribution in [0.25, 0.3) is 10.2 Å². The van der Waals surface area contributed by atoms with Crippen molar-refractivity contribution in [3.05, 3.63) is 46.8 Å². The molecule has 4 rings (SSSR count). The van der Waals surface area contributed by atoms with E-state index in [0.717, 1.165) is 66.1 Å². The highest BCUT2D eigenvalue weighted by Gasteiger charge is 2.24. The summed E-state index contributed by atoms with van der Waals surface area (Å²) in [6, 6.07) is 12.0. The first-order valence-electron chi connectivity index (χ1n) is 11.8. The number of nitrogen functional groups attached to an aromatic ring is 1. The van der Waals surface area contributed by atoms with E-state index in [1.165, 1.54) is 11.3 Å². The lowest BCUT2D eigenvalue weighted by Gasteiger charge is -2.34. The van der Waals surface area contributed by atoms with Crippen LogP contribution < -0.4 is 26.4 Å². The van der Waals surface area contributed by atoms with Gasteiger partial charge in [-0.05, 0) is 43.0 Å². The first-order chi connectivity index (χ1) is 16.5. The van der Waals surface area contributed by atoms with Crippen molar-refractivity contribution in [3.8, 4) is 5.75 Å². The number of benzene rings is 1. The zero-order valence-electron chi connectivity index (χ0n) is 19.5. The number of primary amides is 1. The molecule has 0 bridgehead atoms. The minimum atomic E-state index is -0.567. The van der Waals surface area contributed by atoms with Crippen molar-refractivity contribution in [1.82, 2.24) is 10.3 Å². The molecule has 182 valence electrons. The van der Waals surface area contributed by atoms with Crippen LogP contribution in [0, 0.1) is 0 Å². The highest BCUT2D eigenvalue weighted by molar-refractivity contribution is 7.21. The van der Waals surface area contributed by atoms with E-state index in [1.807, 2.05) is 30.3 Å². The van der Waals surface area contributed by atoms with Crippen molar-refractivity contribution in [3.63, 3.8) is 0 Å². The Morgan fingerprint density at radius 1 is 1.32 bits per heavy atom. The third kappa shape index (κ3) is 5.60. The molecule has 34 heavy (non-hydrogen) atoms. The van der Waals surface area contributed by atoms with Gasteiger partial charge in [0.05, 0.1) is 5.69 Å². The number of aliphatic hydroxyl groups excluding tert-OH is 1. The van der Waals surface area contributed by atoms with E-state index in [-0.39, 0.29) is 6.61 Å². The van der Waals surface area contributed by atoms with Crippen LogP contribution in [0.4, 0.5) is 11.5 Å². The number of pyridine rings is 1. The zero-order chi connectivity index (χ0) is 24.1. The topological polar surface area (TPSA) is 127 Å². The molecule has 1 fully saturated rings. The fourth-order valence-corrected chi connectivity index (χ4v) is 5.37. The summed E-state index contributed by atoms with van der Waals surface area (Å²) < 4.78 is 5.63. The van der Waals surface area contributed by atoms with Gasteiger partial charge in [-0.3, -0.25) is 4.79 Å². The quantitative estimate of drug-likeness (QED) is 0.349. The Bertz CT molecular complexity index is 1110. The molecule has 1 aromatic carbocycles. The van der Waals surface area contributed by atoms with Crippen LogP contribution in [0.15, 0.2) is 36.4 Å². The van der Waals surface area contributed by atoms with Crippen LogP contribution >= 0.6 is 11.3 Å². The molecule has 3 aromatic rings. The molecular weight excluding hydrogens is 450 g/mol. The summed E-state index contributed by atoms with van der Waals surface area (Å²) in [6.45, 7) is 4.60. The van der Waals surface area contributed by atoms with E-state index < -0.39 is 12.0 Å². The van der Waals surface area contributed by atoms with E-state index >= 15 is 0 Å². The number of aromatic nitrogens is 1. The second-order valence-corrected chi connectivity index (χ2v) is 9.73. The number of aliphatic hydroxyl groups is 1. The highest BCUT2D eigenvalue weighted by Crippen LogP contribution is 2.37. The summed E-state index contributed by atoms with van der Waals surface area (Å²) in [5.41, 5.74) is 13.3. The number of carbonyl (C=O) groups is 1. The van der Waals surface area contributed by atoms with Gasteiger partial charge in [0.25, 0.3) is 5.91 Å². The molecule has 1 amide bonds.